The first-order chi connectivity index (χ1) is 10.0. The molecule has 7 nitrogen and oxygen atoms in total. The van der Waals surface area contributed by atoms with Crippen molar-refractivity contribution in [2.75, 3.05) is 39.9 Å². The SMILES string of the molecule is COC(=O)CCN(CC1CCCO1)S(=O)(=O)N1CCCC1. The average molecular weight is 320 g/mol. The van der Waals surface area contributed by atoms with Gasteiger partial charge in [-0.2, -0.15) is 17.0 Å². The van der Waals surface area contributed by atoms with Gasteiger partial charge >= 0.3 is 5.97 Å². The van der Waals surface area contributed by atoms with Crippen molar-refractivity contribution >= 4 is 16.2 Å². The molecule has 2 saturated heterocycles. The van der Waals surface area contributed by atoms with Gasteiger partial charge in [0.15, 0.2) is 0 Å². The second-order valence-electron chi connectivity index (χ2n) is 5.43. The standard InChI is InChI=1S/C13H24N2O5S/c1-19-13(16)6-9-15(11-12-5-4-10-20-12)21(17,18)14-7-2-3-8-14/h12H,2-11H2,1H3. The van der Waals surface area contributed by atoms with E-state index in [9.17, 15) is 13.2 Å². The number of ether oxygens (including phenoxy) is 2. The molecule has 0 aromatic rings. The highest BCUT2D eigenvalue weighted by molar-refractivity contribution is 7.86. The first-order valence-corrected chi connectivity index (χ1v) is 8.87. The zero-order chi connectivity index (χ0) is 15.3. The van der Waals surface area contributed by atoms with E-state index in [0.717, 1.165) is 25.7 Å². The highest BCUT2D eigenvalue weighted by Gasteiger charge is 2.34. The lowest BCUT2D eigenvalue weighted by Crippen LogP contribution is -2.46. The van der Waals surface area contributed by atoms with Crippen LogP contribution in [0, 0.1) is 0 Å². The summed E-state index contributed by atoms with van der Waals surface area (Å²) in [7, 11) is -2.21. The van der Waals surface area contributed by atoms with Gasteiger partial charge in [-0.1, -0.05) is 0 Å². The maximum Gasteiger partial charge on any atom is 0.306 e. The summed E-state index contributed by atoms with van der Waals surface area (Å²) in [6.45, 7) is 2.26. The number of carbonyl (C=O) groups excluding carboxylic acids is 1. The van der Waals surface area contributed by atoms with Crippen molar-refractivity contribution in [1.82, 2.24) is 8.61 Å². The molecule has 2 rings (SSSR count). The molecule has 0 saturated carbocycles. The summed E-state index contributed by atoms with van der Waals surface area (Å²) in [5.74, 6) is -0.399. The van der Waals surface area contributed by atoms with Crippen LogP contribution in [0.3, 0.4) is 0 Å². The molecule has 0 N–H and O–H groups in total. The molecule has 8 heteroatoms. The van der Waals surface area contributed by atoms with Gasteiger partial charge in [-0.25, -0.2) is 0 Å². The molecule has 0 aromatic heterocycles. The first kappa shape index (κ1) is 16.7. The summed E-state index contributed by atoms with van der Waals surface area (Å²) in [5, 5.41) is 0. The van der Waals surface area contributed by atoms with Crippen molar-refractivity contribution in [3.8, 4) is 0 Å². The molecule has 2 heterocycles. The smallest absolute Gasteiger partial charge is 0.306 e. The minimum absolute atomic E-state index is 0.0658. The average Bonchev–Trinajstić information content (AvgIpc) is 3.15. The Morgan fingerprint density at radius 3 is 2.62 bits per heavy atom. The van der Waals surface area contributed by atoms with Crippen LogP contribution >= 0.6 is 0 Å². The molecule has 0 radical (unpaired) electrons. The molecule has 2 fully saturated rings. The Bertz CT molecular complexity index is 441. The van der Waals surface area contributed by atoms with Gasteiger partial charge in [-0.3, -0.25) is 4.79 Å². The van der Waals surface area contributed by atoms with E-state index in [1.54, 1.807) is 0 Å². The molecule has 0 aromatic carbocycles. The van der Waals surface area contributed by atoms with Crippen LogP contribution in [-0.4, -0.2) is 69.0 Å². The summed E-state index contributed by atoms with van der Waals surface area (Å²) < 4.78 is 38.3. The lowest BCUT2D eigenvalue weighted by molar-refractivity contribution is -0.140. The molecule has 0 aliphatic carbocycles. The summed E-state index contributed by atoms with van der Waals surface area (Å²) in [5.41, 5.74) is 0. The summed E-state index contributed by atoms with van der Waals surface area (Å²) >= 11 is 0. The highest BCUT2D eigenvalue weighted by Crippen LogP contribution is 2.20. The van der Waals surface area contributed by atoms with Crippen LogP contribution in [0.1, 0.15) is 32.1 Å². The third kappa shape index (κ3) is 4.38. The van der Waals surface area contributed by atoms with Crippen LogP contribution in [0.25, 0.3) is 0 Å². The van der Waals surface area contributed by atoms with Gasteiger partial charge in [0.2, 0.25) is 0 Å². The second-order valence-corrected chi connectivity index (χ2v) is 7.36. The molecule has 0 spiro atoms. The highest BCUT2D eigenvalue weighted by atomic mass is 32.2. The van der Waals surface area contributed by atoms with Gasteiger partial charge in [-0.15, -0.1) is 0 Å². The van der Waals surface area contributed by atoms with Crippen LogP contribution in [-0.2, 0) is 24.5 Å². The molecule has 21 heavy (non-hydrogen) atoms. The fraction of sp³-hybridized carbons (Fsp3) is 0.923. The van der Waals surface area contributed by atoms with E-state index in [-0.39, 0.29) is 19.1 Å². The van der Waals surface area contributed by atoms with Crippen LogP contribution in [0.15, 0.2) is 0 Å². The zero-order valence-corrected chi connectivity index (χ0v) is 13.3. The van der Waals surface area contributed by atoms with Gasteiger partial charge in [-0.05, 0) is 25.7 Å². The van der Waals surface area contributed by atoms with Gasteiger partial charge in [0.1, 0.15) is 0 Å². The molecule has 1 atom stereocenters. The summed E-state index contributed by atoms with van der Waals surface area (Å²) in [4.78, 5) is 11.3. The number of esters is 1. The van der Waals surface area contributed by atoms with Crippen LogP contribution in [0.2, 0.25) is 0 Å². The Hall–Kier alpha value is -0.700. The summed E-state index contributed by atoms with van der Waals surface area (Å²) in [6.07, 6.45) is 3.60. The fourth-order valence-electron chi connectivity index (χ4n) is 2.72. The Balaban J connectivity index is 2.03. The van der Waals surface area contributed by atoms with Crippen molar-refractivity contribution in [1.29, 1.82) is 0 Å². The number of methoxy groups -OCH3 is 1. The Labute approximate surface area is 126 Å². The molecular weight excluding hydrogens is 296 g/mol. The third-order valence-electron chi connectivity index (χ3n) is 3.94. The number of hydrogen-bond acceptors (Lipinski definition) is 5. The maximum absolute atomic E-state index is 12.7. The van der Waals surface area contributed by atoms with Crippen molar-refractivity contribution in [3.63, 3.8) is 0 Å². The second kappa shape index (κ2) is 7.53. The molecule has 2 aliphatic heterocycles. The van der Waals surface area contributed by atoms with E-state index in [1.165, 1.54) is 15.7 Å². The Morgan fingerprint density at radius 1 is 1.33 bits per heavy atom. The quantitative estimate of drug-likeness (QED) is 0.634. The third-order valence-corrected chi connectivity index (χ3v) is 5.94. The lowest BCUT2D eigenvalue weighted by Gasteiger charge is -2.28. The van der Waals surface area contributed by atoms with Crippen molar-refractivity contribution in [3.05, 3.63) is 0 Å². The normalized spacial score (nSPS) is 23.8. The number of nitrogens with zero attached hydrogens (tertiary/aromatic N) is 2. The molecule has 0 bridgehead atoms. The Morgan fingerprint density at radius 2 is 2.05 bits per heavy atom. The summed E-state index contributed by atoms with van der Waals surface area (Å²) in [6, 6.07) is 0. The Kier molecular flexibility index (Phi) is 5.98. The predicted octanol–water partition coefficient (Wildman–Crippen LogP) is 0.371. The van der Waals surface area contributed by atoms with Crippen molar-refractivity contribution in [2.24, 2.45) is 0 Å². The number of hydrogen-bond donors (Lipinski definition) is 0. The molecule has 0 amide bonds. The molecule has 2 aliphatic rings. The van der Waals surface area contributed by atoms with E-state index in [1.807, 2.05) is 0 Å². The van der Waals surface area contributed by atoms with Crippen LogP contribution < -0.4 is 0 Å². The minimum Gasteiger partial charge on any atom is -0.469 e. The van der Waals surface area contributed by atoms with Crippen LogP contribution in [0.4, 0.5) is 0 Å². The molecule has 122 valence electrons. The van der Waals surface area contributed by atoms with Crippen molar-refractivity contribution in [2.45, 2.75) is 38.2 Å². The minimum atomic E-state index is -3.51. The first-order valence-electron chi connectivity index (χ1n) is 7.47. The van der Waals surface area contributed by atoms with Gasteiger partial charge in [0, 0.05) is 32.8 Å². The van der Waals surface area contributed by atoms with Crippen molar-refractivity contribution < 1.29 is 22.7 Å². The van der Waals surface area contributed by atoms with E-state index >= 15 is 0 Å². The number of carbonyl (C=O) groups is 1. The maximum atomic E-state index is 12.7. The zero-order valence-electron chi connectivity index (χ0n) is 12.5. The van der Waals surface area contributed by atoms with Crippen LogP contribution in [0.5, 0.6) is 0 Å². The van der Waals surface area contributed by atoms with Gasteiger partial charge in [0.05, 0.1) is 19.6 Å². The largest absolute Gasteiger partial charge is 0.469 e. The monoisotopic (exact) mass is 320 g/mol. The molecule has 1 unspecified atom stereocenters. The molecular formula is C13H24N2O5S. The van der Waals surface area contributed by atoms with Gasteiger partial charge in [0.25, 0.3) is 10.2 Å². The van der Waals surface area contributed by atoms with E-state index in [2.05, 4.69) is 4.74 Å². The van der Waals surface area contributed by atoms with E-state index < -0.39 is 16.2 Å². The van der Waals surface area contributed by atoms with E-state index in [0.29, 0.717) is 26.2 Å². The lowest BCUT2D eigenvalue weighted by atomic mass is 10.2. The predicted molar refractivity (Wildman–Crippen MR) is 76.9 cm³/mol. The van der Waals surface area contributed by atoms with E-state index in [4.69, 9.17) is 4.74 Å². The topological polar surface area (TPSA) is 76.1 Å². The fourth-order valence-corrected chi connectivity index (χ4v) is 4.44. The van der Waals surface area contributed by atoms with Gasteiger partial charge < -0.3 is 9.47 Å². The number of rotatable bonds is 7.